The van der Waals surface area contributed by atoms with Crippen molar-refractivity contribution in [3.8, 4) is 0 Å². The van der Waals surface area contributed by atoms with Crippen molar-refractivity contribution in [2.24, 2.45) is 0 Å². The summed E-state index contributed by atoms with van der Waals surface area (Å²) >= 11 is 0. The Labute approximate surface area is 195 Å². The van der Waals surface area contributed by atoms with E-state index in [-0.39, 0.29) is 17.7 Å². The van der Waals surface area contributed by atoms with Gasteiger partial charge in [-0.05, 0) is 42.0 Å². The number of aromatic nitrogens is 1. The fourth-order valence-corrected chi connectivity index (χ4v) is 3.25. The molecule has 1 aromatic heterocycles. The van der Waals surface area contributed by atoms with Gasteiger partial charge in [0, 0.05) is 12.1 Å². The smallest absolute Gasteiger partial charge is 0.423 e. The Bertz CT molecular complexity index is 1310. The first-order chi connectivity index (χ1) is 16.7. The number of nitrogens with zero attached hydrogens (tertiary/aromatic N) is 1. The second-order valence-corrected chi connectivity index (χ2v) is 7.36. The SMILES string of the molecule is O=C(OC(Nc1nc2ccccc2o1)(C(=O)NCc1ccccc1)c1ccc(F)cc1)C(F)(F)F. The van der Waals surface area contributed by atoms with Crippen LogP contribution < -0.4 is 10.6 Å². The second-order valence-electron chi connectivity index (χ2n) is 7.36. The van der Waals surface area contributed by atoms with E-state index in [0.29, 0.717) is 11.1 Å². The van der Waals surface area contributed by atoms with Crippen LogP contribution in [-0.4, -0.2) is 23.0 Å². The highest BCUT2D eigenvalue weighted by Gasteiger charge is 2.52. The van der Waals surface area contributed by atoms with Crippen LogP contribution in [0.2, 0.25) is 0 Å². The first kappa shape index (κ1) is 23.7. The molecule has 0 saturated carbocycles. The van der Waals surface area contributed by atoms with E-state index in [1.54, 1.807) is 54.6 Å². The van der Waals surface area contributed by atoms with E-state index in [9.17, 15) is 27.2 Å². The molecule has 4 aromatic rings. The van der Waals surface area contributed by atoms with Crippen LogP contribution in [0, 0.1) is 5.82 Å². The number of carbonyl (C=O) groups excluding carboxylic acids is 2. The molecule has 7 nitrogen and oxygen atoms in total. The number of carbonyl (C=O) groups is 2. The van der Waals surface area contributed by atoms with E-state index in [2.05, 4.69) is 15.6 Å². The van der Waals surface area contributed by atoms with Crippen molar-refractivity contribution in [3.63, 3.8) is 0 Å². The summed E-state index contributed by atoms with van der Waals surface area (Å²) in [6.07, 6.45) is -5.44. The Balaban J connectivity index is 1.80. The first-order valence-corrected chi connectivity index (χ1v) is 10.2. The zero-order valence-corrected chi connectivity index (χ0v) is 17.8. The zero-order valence-electron chi connectivity index (χ0n) is 17.8. The monoisotopic (exact) mass is 487 g/mol. The lowest BCUT2D eigenvalue weighted by molar-refractivity contribution is -0.213. The zero-order chi connectivity index (χ0) is 25.1. The Kier molecular flexibility index (Phi) is 6.41. The summed E-state index contributed by atoms with van der Waals surface area (Å²) in [5.74, 6) is -4.55. The van der Waals surface area contributed by atoms with Crippen LogP contribution in [0.25, 0.3) is 11.1 Å². The van der Waals surface area contributed by atoms with Gasteiger partial charge in [-0.2, -0.15) is 18.2 Å². The molecule has 0 bridgehead atoms. The van der Waals surface area contributed by atoms with Gasteiger partial charge < -0.3 is 14.5 Å². The van der Waals surface area contributed by atoms with Crippen molar-refractivity contribution < 1.29 is 36.3 Å². The van der Waals surface area contributed by atoms with Gasteiger partial charge in [0.15, 0.2) is 5.58 Å². The standard InChI is InChI=1S/C24H17F4N3O4/c25-17-12-10-16(11-13-17)23(35-21(33)24(26,27)28,20(32)29-14-15-6-2-1-3-7-15)31-22-30-18-8-4-5-9-19(18)34-22/h1-13H,14H2,(H,29,32)(H,30,31). The molecule has 0 spiro atoms. The highest BCUT2D eigenvalue weighted by molar-refractivity contribution is 5.92. The molecule has 3 aromatic carbocycles. The van der Waals surface area contributed by atoms with E-state index in [1.165, 1.54) is 0 Å². The highest BCUT2D eigenvalue weighted by Crippen LogP contribution is 2.33. The van der Waals surface area contributed by atoms with Crippen LogP contribution >= 0.6 is 0 Å². The normalized spacial score (nSPS) is 13.1. The summed E-state index contributed by atoms with van der Waals surface area (Å²) < 4.78 is 63.6. The minimum Gasteiger partial charge on any atom is -0.423 e. The molecular formula is C24H17F4N3O4. The Morgan fingerprint density at radius 1 is 0.914 bits per heavy atom. The molecule has 1 heterocycles. The van der Waals surface area contributed by atoms with E-state index >= 15 is 0 Å². The van der Waals surface area contributed by atoms with Crippen molar-refractivity contribution in [1.29, 1.82) is 0 Å². The van der Waals surface area contributed by atoms with Gasteiger partial charge in [-0.15, -0.1) is 0 Å². The predicted octanol–water partition coefficient (Wildman–Crippen LogP) is 4.65. The van der Waals surface area contributed by atoms with Gasteiger partial charge >= 0.3 is 12.1 Å². The van der Waals surface area contributed by atoms with Crippen LogP contribution in [0.5, 0.6) is 0 Å². The van der Waals surface area contributed by atoms with Gasteiger partial charge in [0.1, 0.15) is 11.3 Å². The van der Waals surface area contributed by atoms with Gasteiger partial charge in [-0.3, -0.25) is 10.1 Å². The number of hydrogen-bond acceptors (Lipinski definition) is 6. The third kappa shape index (κ3) is 5.24. The van der Waals surface area contributed by atoms with Crippen molar-refractivity contribution in [2.45, 2.75) is 18.4 Å². The van der Waals surface area contributed by atoms with Crippen molar-refractivity contribution in [3.05, 3.63) is 95.8 Å². The van der Waals surface area contributed by atoms with E-state index in [4.69, 9.17) is 9.15 Å². The highest BCUT2D eigenvalue weighted by atomic mass is 19.4. The van der Waals surface area contributed by atoms with Crippen molar-refractivity contribution >= 4 is 29.0 Å². The maximum atomic E-state index is 13.6. The van der Waals surface area contributed by atoms with Gasteiger partial charge in [0.05, 0.1) is 0 Å². The summed E-state index contributed by atoms with van der Waals surface area (Å²) in [6, 6.07) is 18.3. The van der Waals surface area contributed by atoms with Crippen LogP contribution in [0.4, 0.5) is 23.6 Å². The summed E-state index contributed by atoms with van der Waals surface area (Å²) in [4.78, 5) is 29.5. The largest absolute Gasteiger partial charge is 0.491 e. The molecule has 0 saturated heterocycles. The molecule has 0 aliphatic heterocycles. The quantitative estimate of drug-likeness (QED) is 0.224. The number of esters is 1. The first-order valence-electron chi connectivity index (χ1n) is 10.2. The van der Waals surface area contributed by atoms with Crippen LogP contribution in [0.1, 0.15) is 11.1 Å². The number of rotatable bonds is 7. The summed E-state index contributed by atoms with van der Waals surface area (Å²) in [6.45, 7) is -0.110. The third-order valence-corrected chi connectivity index (χ3v) is 4.92. The molecule has 180 valence electrons. The molecule has 11 heteroatoms. The number of ether oxygens (including phenoxy) is 1. The fourth-order valence-electron chi connectivity index (χ4n) is 3.25. The number of fused-ring (bicyclic) bond motifs is 1. The molecule has 0 aliphatic rings. The molecule has 1 unspecified atom stereocenters. The number of anilines is 1. The number of halogens is 4. The summed E-state index contributed by atoms with van der Waals surface area (Å²) in [5.41, 5.74) is -1.90. The molecule has 1 atom stereocenters. The maximum Gasteiger partial charge on any atom is 0.491 e. The minimum atomic E-state index is -5.44. The summed E-state index contributed by atoms with van der Waals surface area (Å²) in [5, 5.41) is 4.86. The number of para-hydroxylation sites is 2. The minimum absolute atomic E-state index is 0.110. The second kappa shape index (κ2) is 9.45. The number of alkyl halides is 3. The fraction of sp³-hybridized carbons (Fsp3) is 0.125. The molecular weight excluding hydrogens is 470 g/mol. The summed E-state index contributed by atoms with van der Waals surface area (Å²) in [7, 11) is 0. The molecule has 0 fully saturated rings. The maximum absolute atomic E-state index is 13.6. The Morgan fingerprint density at radius 3 is 2.23 bits per heavy atom. The number of oxazole rings is 1. The van der Waals surface area contributed by atoms with Crippen LogP contribution in [0.3, 0.4) is 0 Å². The number of amides is 1. The Morgan fingerprint density at radius 2 is 1.57 bits per heavy atom. The predicted molar refractivity (Wildman–Crippen MR) is 116 cm³/mol. The Hall–Kier alpha value is -4.41. The van der Waals surface area contributed by atoms with Crippen LogP contribution in [0.15, 0.2) is 83.3 Å². The van der Waals surface area contributed by atoms with Crippen molar-refractivity contribution in [1.82, 2.24) is 10.3 Å². The van der Waals surface area contributed by atoms with Gasteiger partial charge in [0.2, 0.25) is 0 Å². The van der Waals surface area contributed by atoms with Gasteiger partial charge in [0.25, 0.3) is 17.6 Å². The number of benzene rings is 3. The van der Waals surface area contributed by atoms with E-state index in [1.807, 2.05) is 0 Å². The van der Waals surface area contributed by atoms with E-state index in [0.717, 1.165) is 24.3 Å². The molecule has 0 aliphatic carbocycles. The number of nitrogens with one attached hydrogen (secondary N) is 2. The lowest BCUT2D eigenvalue weighted by atomic mass is 10.0. The van der Waals surface area contributed by atoms with E-state index < -0.39 is 35.6 Å². The molecule has 0 radical (unpaired) electrons. The molecule has 4 rings (SSSR count). The lowest BCUT2D eigenvalue weighted by Gasteiger charge is -2.32. The molecule has 35 heavy (non-hydrogen) atoms. The number of hydrogen-bond donors (Lipinski definition) is 2. The van der Waals surface area contributed by atoms with Crippen LogP contribution in [-0.2, 0) is 26.6 Å². The average Bonchev–Trinajstić information content (AvgIpc) is 3.24. The average molecular weight is 487 g/mol. The third-order valence-electron chi connectivity index (χ3n) is 4.92. The topological polar surface area (TPSA) is 93.5 Å². The molecule has 2 N–H and O–H groups in total. The molecule has 1 amide bonds. The van der Waals surface area contributed by atoms with Gasteiger partial charge in [-0.1, -0.05) is 42.5 Å². The lowest BCUT2D eigenvalue weighted by Crippen LogP contribution is -2.54. The van der Waals surface area contributed by atoms with Crippen molar-refractivity contribution in [2.75, 3.05) is 5.32 Å². The van der Waals surface area contributed by atoms with Gasteiger partial charge in [-0.25, -0.2) is 9.18 Å².